The third-order valence-corrected chi connectivity index (χ3v) is 6.31. The monoisotopic (exact) mass is 362 g/mol. The van der Waals surface area contributed by atoms with E-state index in [0.717, 1.165) is 5.56 Å². The molecule has 0 saturated carbocycles. The topological polar surface area (TPSA) is 86.7 Å². The van der Waals surface area contributed by atoms with Crippen LogP contribution in [0, 0.1) is 5.92 Å². The SMILES string of the molecule is CC(C)[C@H](NC(=O)[C@@H]1N2C(=O)c3ccccc3[C@H]2SC1(C)C)C(=O)O. The van der Waals surface area contributed by atoms with Crippen LogP contribution in [0.25, 0.3) is 0 Å². The molecule has 2 aliphatic heterocycles. The molecule has 6 nitrogen and oxygen atoms in total. The first-order valence-corrected chi connectivity index (χ1v) is 9.15. The van der Waals surface area contributed by atoms with Crippen molar-refractivity contribution < 1.29 is 19.5 Å². The number of fused-ring (bicyclic) bond motifs is 3. The van der Waals surface area contributed by atoms with E-state index in [4.69, 9.17) is 0 Å². The van der Waals surface area contributed by atoms with Crippen molar-refractivity contribution in [2.75, 3.05) is 0 Å². The second-order valence-electron chi connectivity index (χ2n) is 7.34. The number of nitrogens with one attached hydrogen (secondary N) is 1. The molecule has 3 rings (SSSR count). The maximum absolute atomic E-state index is 12.9. The fourth-order valence-electron chi connectivity index (χ4n) is 3.55. The molecule has 2 N–H and O–H groups in total. The summed E-state index contributed by atoms with van der Waals surface area (Å²) < 4.78 is -0.516. The number of nitrogens with zero attached hydrogens (tertiary/aromatic N) is 1. The summed E-state index contributed by atoms with van der Waals surface area (Å²) >= 11 is 1.56. The van der Waals surface area contributed by atoms with E-state index < -0.39 is 28.7 Å². The highest BCUT2D eigenvalue weighted by molar-refractivity contribution is 8.01. The molecule has 0 aromatic heterocycles. The Morgan fingerprint density at radius 2 is 1.92 bits per heavy atom. The number of carboxylic acids is 1. The zero-order valence-corrected chi connectivity index (χ0v) is 15.5. The van der Waals surface area contributed by atoms with Gasteiger partial charge in [-0.1, -0.05) is 32.0 Å². The Morgan fingerprint density at radius 3 is 2.52 bits per heavy atom. The summed E-state index contributed by atoms with van der Waals surface area (Å²) in [5.74, 6) is -1.90. The predicted molar refractivity (Wildman–Crippen MR) is 95.2 cm³/mol. The van der Waals surface area contributed by atoms with Gasteiger partial charge in [0.15, 0.2) is 0 Å². The van der Waals surface area contributed by atoms with Gasteiger partial charge in [-0.25, -0.2) is 4.79 Å². The average molecular weight is 362 g/mol. The van der Waals surface area contributed by atoms with Gasteiger partial charge in [0.05, 0.1) is 0 Å². The molecule has 0 aliphatic carbocycles. The van der Waals surface area contributed by atoms with Gasteiger partial charge >= 0.3 is 5.97 Å². The number of aliphatic carboxylic acids is 1. The van der Waals surface area contributed by atoms with Crippen molar-refractivity contribution in [1.29, 1.82) is 0 Å². The zero-order valence-electron chi connectivity index (χ0n) is 14.6. The van der Waals surface area contributed by atoms with Gasteiger partial charge in [0.25, 0.3) is 5.91 Å². The highest BCUT2D eigenvalue weighted by Gasteiger charge is 2.57. The quantitative estimate of drug-likeness (QED) is 0.858. The van der Waals surface area contributed by atoms with Gasteiger partial charge in [-0.2, -0.15) is 0 Å². The molecular formula is C18H22N2O4S. The maximum atomic E-state index is 12.9. The van der Waals surface area contributed by atoms with E-state index in [1.54, 1.807) is 36.6 Å². The van der Waals surface area contributed by atoms with Crippen molar-refractivity contribution >= 4 is 29.5 Å². The number of carbonyl (C=O) groups is 3. The lowest BCUT2D eigenvalue weighted by Gasteiger charge is -2.31. The van der Waals surface area contributed by atoms with E-state index in [9.17, 15) is 19.5 Å². The number of carbonyl (C=O) groups excluding carboxylic acids is 2. The molecule has 25 heavy (non-hydrogen) atoms. The van der Waals surface area contributed by atoms with Gasteiger partial charge in [0.2, 0.25) is 5.91 Å². The van der Waals surface area contributed by atoms with Crippen LogP contribution >= 0.6 is 11.8 Å². The van der Waals surface area contributed by atoms with Crippen LogP contribution in [0.15, 0.2) is 24.3 Å². The Bertz CT molecular complexity index is 746. The van der Waals surface area contributed by atoms with Crippen LogP contribution in [0.3, 0.4) is 0 Å². The first-order valence-electron chi connectivity index (χ1n) is 8.27. The van der Waals surface area contributed by atoms with Crippen LogP contribution in [0.4, 0.5) is 0 Å². The van der Waals surface area contributed by atoms with Gasteiger partial charge in [0, 0.05) is 10.3 Å². The minimum absolute atomic E-state index is 0.171. The molecule has 0 spiro atoms. The molecule has 0 radical (unpaired) electrons. The van der Waals surface area contributed by atoms with E-state index >= 15 is 0 Å². The number of hydrogen-bond acceptors (Lipinski definition) is 4. The lowest BCUT2D eigenvalue weighted by atomic mass is 9.98. The van der Waals surface area contributed by atoms with Crippen molar-refractivity contribution in [2.24, 2.45) is 5.92 Å². The van der Waals surface area contributed by atoms with Gasteiger partial charge < -0.3 is 15.3 Å². The summed E-state index contributed by atoms with van der Waals surface area (Å²) in [4.78, 5) is 38.8. The van der Waals surface area contributed by atoms with Crippen molar-refractivity contribution in [3.05, 3.63) is 35.4 Å². The Kier molecular flexibility index (Phi) is 4.31. The molecule has 3 atom stereocenters. The number of carboxylic acid groups (broad SMARTS) is 1. The molecule has 1 fully saturated rings. The van der Waals surface area contributed by atoms with E-state index in [2.05, 4.69) is 5.32 Å². The van der Waals surface area contributed by atoms with Crippen LogP contribution < -0.4 is 5.32 Å². The van der Waals surface area contributed by atoms with E-state index in [-0.39, 0.29) is 17.2 Å². The van der Waals surface area contributed by atoms with Crippen molar-refractivity contribution in [2.45, 2.75) is 49.9 Å². The van der Waals surface area contributed by atoms with Crippen molar-refractivity contribution in [3.63, 3.8) is 0 Å². The molecule has 2 amide bonds. The van der Waals surface area contributed by atoms with Gasteiger partial charge in [-0.3, -0.25) is 9.59 Å². The van der Waals surface area contributed by atoms with Crippen LogP contribution in [0.5, 0.6) is 0 Å². The second-order valence-corrected chi connectivity index (χ2v) is 9.08. The van der Waals surface area contributed by atoms with Gasteiger partial charge in [-0.05, 0) is 31.4 Å². The largest absolute Gasteiger partial charge is 0.480 e. The Hall–Kier alpha value is -2.02. The summed E-state index contributed by atoms with van der Waals surface area (Å²) in [5, 5.41) is 11.8. The van der Waals surface area contributed by atoms with Crippen LogP contribution in [-0.2, 0) is 9.59 Å². The van der Waals surface area contributed by atoms with Crippen molar-refractivity contribution in [1.82, 2.24) is 10.2 Å². The molecule has 134 valence electrons. The van der Waals surface area contributed by atoms with Gasteiger partial charge in [0.1, 0.15) is 17.5 Å². The molecule has 0 bridgehead atoms. The molecule has 2 heterocycles. The molecule has 2 aliphatic rings. The summed E-state index contributed by atoms with van der Waals surface area (Å²) in [7, 11) is 0. The number of benzene rings is 1. The van der Waals surface area contributed by atoms with E-state index in [1.165, 1.54) is 0 Å². The third-order valence-electron chi connectivity index (χ3n) is 4.78. The number of hydrogen-bond donors (Lipinski definition) is 2. The molecule has 1 aromatic carbocycles. The fourth-order valence-corrected chi connectivity index (χ4v) is 5.14. The average Bonchev–Trinajstić information content (AvgIpc) is 2.95. The summed E-state index contributed by atoms with van der Waals surface area (Å²) in [6.07, 6.45) is 0. The highest BCUT2D eigenvalue weighted by atomic mass is 32.2. The number of amides is 2. The molecule has 7 heteroatoms. The van der Waals surface area contributed by atoms with Crippen LogP contribution in [-0.4, -0.2) is 44.6 Å². The first-order chi connectivity index (χ1) is 11.6. The summed E-state index contributed by atoms with van der Waals surface area (Å²) in [6, 6.07) is 5.68. The fraction of sp³-hybridized carbons (Fsp3) is 0.500. The standard InChI is InChI=1S/C18H22N2O4S/c1-9(2)12(17(23)24)19-14(21)13-18(3,4)25-16-11-8-6-5-7-10(11)15(22)20(13)16/h5-9,12-13,16H,1-4H3,(H,19,21)(H,23,24)/t12-,13-,16+/m0/s1. The summed E-state index contributed by atoms with van der Waals surface area (Å²) in [6.45, 7) is 7.32. The highest BCUT2D eigenvalue weighted by Crippen LogP contribution is 2.56. The minimum Gasteiger partial charge on any atom is -0.480 e. The van der Waals surface area contributed by atoms with Crippen LogP contribution in [0.1, 0.15) is 49.0 Å². The lowest BCUT2D eigenvalue weighted by Crippen LogP contribution is -2.56. The second kappa shape index (κ2) is 6.05. The van der Waals surface area contributed by atoms with Gasteiger partial charge in [-0.15, -0.1) is 11.8 Å². The molecule has 1 aromatic rings. The third kappa shape index (κ3) is 2.80. The van der Waals surface area contributed by atoms with E-state index in [0.29, 0.717) is 5.56 Å². The summed E-state index contributed by atoms with van der Waals surface area (Å²) in [5.41, 5.74) is 1.53. The Labute approximate surface area is 151 Å². The number of rotatable bonds is 4. The molecule has 1 saturated heterocycles. The van der Waals surface area contributed by atoms with E-state index in [1.807, 2.05) is 32.0 Å². The van der Waals surface area contributed by atoms with Crippen molar-refractivity contribution in [3.8, 4) is 0 Å². The molecular weight excluding hydrogens is 340 g/mol. The zero-order chi connectivity index (χ0) is 18.5. The first kappa shape index (κ1) is 17.8. The Balaban J connectivity index is 1.93. The number of thioether (sulfide) groups is 1. The minimum atomic E-state index is -1.07. The lowest BCUT2D eigenvalue weighted by molar-refractivity contribution is -0.144. The predicted octanol–water partition coefficient (Wildman–Crippen LogP) is 2.26. The molecule has 0 unspecified atom stereocenters. The Morgan fingerprint density at radius 1 is 1.28 bits per heavy atom. The smallest absolute Gasteiger partial charge is 0.326 e. The maximum Gasteiger partial charge on any atom is 0.326 e. The van der Waals surface area contributed by atoms with Crippen LogP contribution in [0.2, 0.25) is 0 Å². The normalized spacial score (nSPS) is 24.8.